The molecule has 0 unspecified atom stereocenters. The van der Waals surface area contributed by atoms with E-state index in [1.54, 1.807) is 0 Å². The largest absolute Gasteiger partial charge is 0.460 e. The molecule has 0 aliphatic rings. The number of hydrogen-bond donors (Lipinski definition) is 1. The molecule has 1 aromatic heterocycles. The van der Waals surface area contributed by atoms with Crippen LogP contribution in [0.1, 0.15) is 11.3 Å². The van der Waals surface area contributed by atoms with E-state index in [0.717, 1.165) is 36.6 Å². The maximum atomic E-state index is 6.15. The highest BCUT2D eigenvalue weighted by Gasteiger charge is 2.09. The zero-order valence-electron chi connectivity index (χ0n) is 12.6. The molecule has 0 atom stereocenters. The summed E-state index contributed by atoms with van der Waals surface area (Å²) < 4.78 is 7.94. The van der Waals surface area contributed by atoms with E-state index in [0.29, 0.717) is 13.1 Å². The molecule has 3 aromatic rings. The first-order chi connectivity index (χ1) is 11.1. The van der Waals surface area contributed by atoms with E-state index in [1.165, 1.54) is 0 Å². The Morgan fingerprint density at radius 3 is 2.50 bits per heavy atom. The highest BCUT2D eigenvalue weighted by Crippen LogP contribution is 2.31. The van der Waals surface area contributed by atoms with Crippen molar-refractivity contribution in [1.29, 1.82) is 0 Å². The quantitative estimate of drug-likeness (QED) is 0.423. The fourth-order valence-electron chi connectivity index (χ4n) is 2.27. The summed E-state index contributed by atoms with van der Waals surface area (Å²) in [6.45, 7) is 1.36. The molecule has 0 aliphatic carbocycles. The van der Waals surface area contributed by atoms with Gasteiger partial charge < -0.3 is 9.73 Å². The number of halogens is 4. The lowest BCUT2D eigenvalue weighted by atomic mass is 10.2. The first-order valence-corrected chi connectivity index (χ1v) is 9.08. The fourth-order valence-corrected chi connectivity index (χ4v) is 3.71. The Morgan fingerprint density at radius 1 is 0.958 bits per heavy atom. The summed E-state index contributed by atoms with van der Waals surface area (Å²) in [5, 5.41) is 4.13. The van der Waals surface area contributed by atoms with Crippen molar-refractivity contribution >= 4 is 55.9 Å². The van der Waals surface area contributed by atoms with E-state index < -0.39 is 0 Å². The minimum absolute atomic E-state index is 0. The molecular weight excluding hydrogens is 477 g/mol. The molecule has 0 spiro atoms. The van der Waals surface area contributed by atoms with Crippen molar-refractivity contribution < 1.29 is 4.42 Å². The Kier molecular flexibility index (Phi) is 7.38. The lowest BCUT2D eigenvalue weighted by molar-refractivity contribution is 0.493. The van der Waals surface area contributed by atoms with Gasteiger partial charge in [-0.2, -0.15) is 0 Å². The Bertz CT molecular complexity index is 820. The number of hydrogen-bond acceptors (Lipinski definition) is 2. The zero-order valence-corrected chi connectivity index (χ0v) is 17.3. The number of benzene rings is 2. The van der Waals surface area contributed by atoms with Crippen LogP contribution in [-0.2, 0) is 13.1 Å². The SMILES string of the molecule is Cl.Clc1ccccc1CNCc1ccc(-c2ccc(Br)cc2Br)o1. The van der Waals surface area contributed by atoms with Crippen molar-refractivity contribution in [3.63, 3.8) is 0 Å². The Hall–Kier alpha value is -0.780. The van der Waals surface area contributed by atoms with Crippen molar-refractivity contribution in [2.45, 2.75) is 13.1 Å². The van der Waals surface area contributed by atoms with Crippen LogP contribution in [0.25, 0.3) is 11.3 Å². The summed E-state index contributed by atoms with van der Waals surface area (Å²) in [6.07, 6.45) is 0. The number of furan rings is 1. The Balaban J connectivity index is 0.00000208. The van der Waals surface area contributed by atoms with Crippen LogP contribution in [0.5, 0.6) is 0 Å². The zero-order chi connectivity index (χ0) is 16.2. The standard InChI is InChI=1S/C18H14Br2ClNO.ClH/c19-13-5-7-15(16(20)9-13)18-8-6-14(23-18)11-22-10-12-3-1-2-4-17(12)21;/h1-9,22H,10-11H2;1H. The lowest BCUT2D eigenvalue weighted by Gasteiger charge is -2.05. The number of rotatable bonds is 5. The predicted octanol–water partition coefficient (Wildman–Crippen LogP) is 6.84. The molecule has 1 N–H and O–H groups in total. The van der Waals surface area contributed by atoms with Gasteiger partial charge in [0.05, 0.1) is 6.54 Å². The average Bonchev–Trinajstić information content (AvgIpc) is 2.98. The molecule has 1 heterocycles. The highest BCUT2D eigenvalue weighted by molar-refractivity contribution is 9.11. The van der Waals surface area contributed by atoms with Gasteiger partial charge in [-0.3, -0.25) is 0 Å². The smallest absolute Gasteiger partial charge is 0.135 e. The third kappa shape index (κ3) is 4.87. The van der Waals surface area contributed by atoms with Gasteiger partial charge in [0, 0.05) is 26.1 Å². The second kappa shape index (κ2) is 9.07. The van der Waals surface area contributed by atoms with Gasteiger partial charge in [-0.25, -0.2) is 0 Å². The van der Waals surface area contributed by atoms with Crippen LogP contribution in [-0.4, -0.2) is 0 Å². The van der Waals surface area contributed by atoms with E-state index in [1.807, 2.05) is 54.6 Å². The lowest BCUT2D eigenvalue weighted by Crippen LogP contribution is -2.12. The molecular formula is C18H15Br2Cl2NO. The Morgan fingerprint density at radius 2 is 1.75 bits per heavy atom. The minimum Gasteiger partial charge on any atom is -0.460 e. The van der Waals surface area contributed by atoms with Gasteiger partial charge in [0.2, 0.25) is 0 Å². The average molecular weight is 492 g/mol. The molecule has 2 aromatic carbocycles. The van der Waals surface area contributed by atoms with Gasteiger partial charge in [-0.1, -0.05) is 45.7 Å². The van der Waals surface area contributed by atoms with Crippen molar-refractivity contribution in [3.8, 4) is 11.3 Å². The maximum Gasteiger partial charge on any atom is 0.135 e. The molecule has 0 saturated heterocycles. The molecule has 0 radical (unpaired) electrons. The molecule has 6 heteroatoms. The second-order valence-electron chi connectivity index (χ2n) is 5.09. The third-order valence-corrected chi connectivity index (χ3v) is 4.95. The van der Waals surface area contributed by atoms with E-state index in [9.17, 15) is 0 Å². The minimum atomic E-state index is 0. The van der Waals surface area contributed by atoms with E-state index >= 15 is 0 Å². The van der Waals surface area contributed by atoms with E-state index in [4.69, 9.17) is 16.0 Å². The summed E-state index contributed by atoms with van der Waals surface area (Å²) in [5.41, 5.74) is 2.11. The summed E-state index contributed by atoms with van der Waals surface area (Å²) in [7, 11) is 0. The van der Waals surface area contributed by atoms with Crippen LogP contribution in [0, 0.1) is 0 Å². The second-order valence-corrected chi connectivity index (χ2v) is 7.26. The molecule has 0 amide bonds. The van der Waals surface area contributed by atoms with E-state index in [-0.39, 0.29) is 12.4 Å². The monoisotopic (exact) mass is 489 g/mol. The van der Waals surface area contributed by atoms with Gasteiger partial charge >= 0.3 is 0 Å². The highest BCUT2D eigenvalue weighted by atomic mass is 79.9. The first-order valence-electron chi connectivity index (χ1n) is 7.12. The van der Waals surface area contributed by atoms with Crippen LogP contribution in [0.3, 0.4) is 0 Å². The van der Waals surface area contributed by atoms with Gasteiger partial charge in [0.1, 0.15) is 11.5 Å². The van der Waals surface area contributed by atoms with Crippen LogP contribution < -0.4 is 5.32 Å². The van der Waals surface area contributed by atoms with Crippen molar-refractivity contribution in [1.82, 2.24) is 5.32 Å². The van der Waals surface area contributed by atoms with Crippen molar-refractivity contribution in [3.05, 3.63) is 79.9 Å². The molecule has 24 heavy (non-hydrogen) atoms. The first kappa shape index (κ1) is 19.5. The Labute approximate surface area is 169 Å². The third-order valence-electron chi connectivity index (χ3n) is 3.43. The normalized spacial score (nSPS) is 10.5. The molecule has 126 valence electrons. The van der Waals surface area contributed by atoms with Gasteiger partial charge in [0.15, 0.2) is 0 Å². The maximum absolute atomic E-state index is 6.15. The van der Waals surface area contributed by atoms with Gasteiger partial charge in [-0.05, 0) is 57.9 Å². The summed E-state index contributed by atoms with van der Waals surface area (Å²) >= 11 is 13.2. The molecule has 0 aliphatic heterocycles. The van der Waals surface area contributed by atoms with E-state index in [2.05, 4.69) is 37.2 Å². The van der Waals surface area contributed by atoms with Crippen LogP contribution in [0.4, 0.5) is 0 Å². The summed E-state index contributed by atoms with van der Waals surface area (Å²) in [6, 6.07) is 17.8. The van der Waals surface area contributed by atoms with Crippen molar-refractivity contribution in [2.75, 3.05) is 0 Å². The molecule has 0 fully saturated rings. The fraction of sp³-hybridized carbons (Fsp3) is 0.111. The summed E-state index contributed by atoms with van der Waals surface area (Å²) in [5.74, 6) is 1.74. The van der Waals surface area contributed by atoms with Crippen LogP contribution in [0.15, 0.2) is 68.0 Å². The van der Waals surface area contributed by atoms with Crippen LogP contribution in [0.2, 0.25) is 5.02 Å². The topological polar surface area (TPSA) is 25.2 Å². The van der Waals surface area contributed by atoms with Gasteiger partial charge in [0.25, 0.3) is 0 Å². The summed E-state index contributed by atoms with van der Waals surface area (Å²) in [4.78, 5) is 0. The molecule has 2 nitrogen and oxygen atoms in total. The molecule has 3 rings (SSSR count). The molecule has 0 saturated carbocycles. The molecule has 0 bridgehead atoms. The van der Waals surface area contributed by atoms with Crippen molar-refractivity contribution in [2.24, 2.45) is 0 Å². The predicted molar refractivity (Wildman–Crippen MR) is 109 cm³/mol. The van der Waals surface area contributed by atoms with Crippen LogP contribution >= 0.6 is 55.9 Å². The number of nitrogens with one attached hydrogen (secondary N) is 1. The van der Waals surface area contributed by atoms with Gasteiger partial charge in [-0.15, -0.1) is 12.4 Å².